The fourth-order valence-electron chi connectivity index (χ4n) is 2.93. The molecule has 0 bridgehead atoms. The standard InChI is InChI=1S/C13H18N2O2S/c1-2-8-5-6-15(7-8)13-14-11-9(12(16)17)3-4-10(11)18-13/h8-9H,2-7H2,1H3,(H,16,17). The fraction of sp³-hybridized carbons (Fsp3) is 0.692. The van der Waals surface area contributed by atoms with Crippen LogP contribution in [0.1, 0.15) is 42.7 Å². The highest BCUT2D eigenvalue weighted by Gasteiger charge is 2.34. The Morgan fingerprint density at radius 3 is 3.06 bits per heavy atom. The van der Waals surface area contributed by atoms with Gasteiger partial charge in [0.1, 0.15) is 5.92 Å². The Hall–Kier alpha value is -1.10. The predicted octanol–water partition coefficient (Wildman–Crippen LogP) is 2.49. The first-order valence-electron chi connectivity index (χ1n) is 6.66. The van der Waals surface area contributed by atoms with E-state index < -0.39 is 5.97 Å². The van der Waals surface area contributed by atoms with Gasteiger partial charge >= 0.3 is 5.97 Å². The Morgan fingerprint density at radius 1 is 1.56 bits per heavy atom. The minimum Gasteiger partial charge on any atom is -0.481 e. The van der Waals surface area contributed by atoms with Crippen LogP contribution in [0.2, 0.25) is 0 Å². The zero-order valence-corrected chi connectivity index (χ0v) is 11.4. The van der Waals surface area contributed by atoms with Crippen LogP contribution < -0.4 is 4.90 Å². The molecule has 1 N–H and O–H groups in total. The molecule has 1 aromatic rings. The average molecular weight is 266 g/mol. The number of aliphatic carboxylic acids is 1. The molecule has 0 amide bonds. The van der Waals surface area contributed by atoms with Crippen molar-refractivity contribution >= 4 is 22.4 Å². The first kappa shape index (κ1) is 12.0. The Bertz CT molecular complexity index is 472. The number of rotatable bonds is 3. The van der Waals surface area contributed by atoms with Gasteiger partial charge in [0.2, 0.25) is 0 Å². The normalized spacial score (nSPS) is 26.6. The molecule has 0 saturated carbocycles. The quantitative estimate of drug-likeness (QED) is 0.913. The first-order chi connectivity index (χ1) is 8.69. The summed E-state index contributed by atoms with van der Waals surface area (Å²) >= 11 is 1.70. The van der Waals surface area contributed by atoms with Gasteiger partial charge in [-0.05, 0) is 25.2 Å². The minimum absolute atomic E-state index is 0.366. The molecule has 0 aromatic carbocycles. The lowest BCUT2D eigenvalue weighted by molar-refractivity contribution is -0.138. The van der Waals surface area contributed by atoms with Crippen molar-refractivity contribution in [2.75, 3.05) is 18.0 Å². The molecular weight excluding hydrogens is 248 g/mol. The summed E-state index contributed by atoms with van der Waals surface area (Å²) in [5.41, 5.74) is 0.836. The van der Waals surface area contributed by atoms with Gasteiger partial charge in [0.25, 0.3) is 0 Å². The van der Waals surface area contributed by atoms with Crippen LogP contribution in [-0.2, 0) is 11.2 Å². The summed E-state index contributed by atoms with van der Waals surface area (Å²) in [6, 6.07) is 0. The molecular formula is C13H18N2O2S. The summed E-state index contributed by atoms with van der Waals surface area (Å²) in [4.78, 5) is 19.3. The molecule has 1 aliphatic carbocycles. The molecule has 0 radical (unpaired) electrons. The summed E-state index contributed by atoms with van der Waals surface area (Å²) in [6.45, 7) is 4.39. The highest BCUT2D eigenvalue weighted by Crippen LogP contribution is 2.40. The summed E-state index contributed by atoms with van der Waals surface area (Å²) < 4.78 is 0. The number of carboxylic acid groups (broad SMARTS) is 1. The molecule has 18 heavy (non-hydrogen) atoms. The number of aromatic nitrogens is 1. The lowest BCUT2D eigenvalue weighted by Crippen LogP contribution is -2.19. The van der Waals surface area contributed by atoms with Crippen LogP contribution in [0, 0.1) is 5.92 Å². The van der Waals surface area contributed by atoms with E-state index in [2.05, 4.69) is 16.8 Å². The number of carbonyl (C=O) groups is 1. The highest BCUT2D eigenvalue weighted by atomic mass is 32.1. The molecule has 2 aliphatic rings. The van der Waals surface area contributed by atoms with Crippen LogP contribution in [0.5, 0.6) is 0 Å². The van der Waals surface area contributed by atoms with Crippen molar-refractivity contribution in [2.45, 2.75) is 38.5 Å². The van der Waals surface area contributed by atoms with Gasteiger partial charge in [-0.1, -0.05) is 13.3 Å². The third-order valence-corrected chi connectivity index (χ3v) is 5.33. The van der Waals surface area contributed by atoms with Gasteiger partial charge in [-0.15, -0.1) is 11.3 Å². The van der Waals surface area contributed by atoms with E-state index >= 15 is 0 Å². The van der Waals surface area contributed by atoms with E-state index in [1.807, 2.05) is 0 Å². The smallest absolute Gasteiger partial charge is 0.312 e. The largest absolute Gasteiger partial charge is 0.481 e. The number of carboxylic acids is 1. The van der Waals surface area contributed by atoms with Crippen molar-refractivity contribution in [3.8, 4) is 0 Å². The van der Waals surface area contributed by atoms with E-state index in [1.54, 1.807) is 11.3 Å². The third kappa shape index (κ3) is 1.90. The zero-order chi connectivity index (χ0) is 12.7. The van der Waals surface area contributed by atoms with Gasteiger partial charge in [-0.2, -0.15) is 0 Å². The summed E-state index contributed by atoms with van der Waals surface area (Å²) in [7, 11) is 0. The minimum atomic E-state index is -0.724. The van der Waals surface area contributed by atoms with Crippen LogP contribution >= 0.6 is 11.3 Å². The maximum atomic E-state index is 11.1. The van der Waals surface area contributed by atoms with Crippen molar-refractivity contribution in [1.82, 2.24) is 4.98 Å². The molecule has 2 atom stereocenters. The second kappa shape index (κ2) is 4.53. The molecule has 98 valence electrons. The molecule has 3 rings (SSSR count). The molecule has 4 nitrogen and oxygen atoms in total. The highest BCUT2D eigenvalue weighted by molar-refractivity contribution is 7.15. The molecule has 0 spiro atoms. The zero-order valence-electron chi connectivity index (χ0n) is 10.6. The number of fused-ring (bicyclic) bond motifs is 1. The third-order valence-electron chi connectivity index (χ3n) is 4.14. The second-order valence-electron chi connectivity index (χ2n) is 5.24. The Balaban J connectivity index is 1.80. The molecule has 2 unspecified atom stereocenters. The fourth-order valence-corrected chi connectivity index (χ4v) is 4.10. The molecule has 1 fully saturated rings. The summed E-state index contributed by atoms with van der Waals surface area (Å²) in [5.74, 6) is -0.313. The second-order valence-corrected chi connectivity index (χ2v) is 6.31. The van der Waals surface area contributed by atoms with E-state index in [0.717, 1.165) is 42.7 Å². The monoisotopic (exact) mass is 266 g/mol. The topological polar surface area (TPSA) is 53.4 Å². The van der Waals surface area contributed by atoms with Crippen molar-refractivity contribution in [2.24, 2.45) is 5.92 Å². The van der Waals surface area contributed by atoms with E-state index in [4.69, 9.17) is 5.11 Å². The number of thiazole rings is 1. The molecule has 1 aromatic heterocycles. The number of aryl methyl sites for hydroxylation is 1. The van der Waals surface area contributed by atoms with Gasteiger partial charge in [0, 0.05) is 18.0 Å². The van der Waals surface area contributed by atoms with Crippen molar-refractivity contribution in [1.29, 1.82) is 0 Å². The van der Waals surface area contributed by atoms with E-state index in [0.29, 0.717) is 0 Å². The van der Waals surface area contributed by atoms with Crippen LogP contribution in [0.3, 0.4) is 0 Å². The van der Waals surface area contributed by atoms with Crippen LogP contribution in [-0.4, -0.2) is 29.1 Å². The molecule has 5 heteroatoms. The Kier molecular flexibility index (Phi) is 3.01. The van der Waals surface area contributed by atoms with Crippen LogP contribution in [0.4, 0.5) is 5.13 Å². The van der Waals surface area contributed by atoms with E-state index in [1.165, 1.54) is 17.7 Å². The SMILES string of the molecule is CCC1CCN(c2nc3c(s2)CCC3C(=O)O)C1. The maximum Gasteiger partial charge on any atom is 0.312 e. The van der Waals surface area contributed by atoms with Crippen LogP contribution in [0.15, 0.2) is 0 Å². The van der Waals surface area contributed by atoms with Gasteiger partial charge in [0.05, 0.1) is 5.69 Å². The predicted molar refractivity (Wildman–Crippen MR) is 71.4 cm³/mol. The summed E-state index contributed by atoms with van der Waals surface area (Å²) in [6.07, 6.45) is 4.07. The first-order valence-corrected chi connectivity index (χ1v) is 7.48. The van der Waals surface area contributed by atoms with Crippen LogP contribution in [0.25, 0.3) is 0 Å². The number of nitrogens with zero attached hydrogens (tertiary/aromatic N) is 2. The lowest BCUT2D eigenvalue weighted by atomic mass is 10.1. The molecule has 2 heterocycles. The Morgan fingerprint density at radius 2 is 2.39 bits per heavy atom. The Labute approximate surface area is 111 Å². The number of hydrogen-bond donors (Lipinski definition) is 1. The lowest BCUT2D eigenvalue weighted by Gasteiger charge is -2.14. The van der Waals surface area contributed by atoms with E-state index in [9.17, 15) is 4.79 Å². The van der Waals surface area contributed by atoms with Crippen molar-refractivity contribution in [3.05, 3.63) is 10.6 Å². The maximum absolute atomic E-state index is 11.1. The van der Waals surface area contributed by atoms with Gasteiger partial charge in [-0.3, -0.25) is 4.79 Å². The number of hydrogen-bond acceptors (Lipinski definition) is 4. The molecule has 1 saturated heterocycles. The van der Waals surface area contributed by atoms with Gasteiger partial charge < -0.3 is 10.0 Å². The average Bonchev–Trinajstić information content (AvgIpc) is 3.02. The van der Waals surface area contributed by atoms with Crippen molar-refractivity contribution < 1.29 is 9.90 Å². The number of anilines is 1. The molecule has 1 aliphatic heterocycles. The van der Waals surface area contributed by atoms with Gasteiger partial charge in [0.15, 0.2) is 5.13 Å². The van der Waals surface area contributed by atoms with Gasteiger partial charge in [-0.25, -0.2) is 4.98 Å². The summed E-state index contributed by atoms with van der Waals surface area (Å²) in [5, 5.41) is 10.2. The van der Waals surface area contributed by atoms with Crippen molar-refractivity contribution in [3.63, 3.8) is 0 Å². The van der Waals surface area contributed by atoms with E-state index in [-0.39, 0.29) is 5.92 Å².